The Bertz CT molecular complexity index is 1920. The smallest absolute Gasteiger partial charge is 0.417 e. The highest BCUT2D eigenvalue weighted by atomic mass is 79.9. The largest absolute Gasteiger partial charge is 0.508 e. The van der Waals surface area contributed by atoms with Crippen LogP contribution in [0.25, 0.3) is 0 Å². The number of nitrogens with one attached hydrogen (secondary N) is 2. The summed E-state index contributed by atoms with van der Waals surface area (Å²) in [6.45, 7) is 0. The van der Waals surface area contributed by atoms with E-state index in [0.29, 0.717) is 37.9 Å². The summed E-state index contributed by atoms with van der Waals surface area (Å²) in [5, 5.41) is 14.3. The summed E-state index contributed by atoms with van der Waals surface area (Å²) >= 11 is 15.9. The zero-order valence-electron chi connectivity index (χ0n) is 23.8. The monoisotopic (exact) mass is 748 g/mol. The number of carbonyl (C=O) groups is 4. The van der Waals surface area contributed by atoms with Crippen LogP contribution in [0.5, 0.6) is 5.75 Å². The van der Waals surface area contributed by atoms with E-state index in [1.165, 1.54) is 6.07 Å². The molecule has 4 aliphatic rings. The molecule has 3 N–H and O–H groups in total. The van der Waals surface area contributed by atoms with Crippen molar-refractivity contribution in [3.63, 3.8) is 0 Å². The SMILES string of the molecule is O=C1NC(=O)C2C1CC=C1C2CC2C(=O)N(Nc3ncc(C(F)(F)F)cc3Cl)C(=O)C2(c2ccc(Cl)cc2)C1c1cc(Br)ccc1O. The van der Waals surface area contributed by atoms with Crippen LogP contribution in [0.4, 0.5) is 19.0 Å². The van der Waals surface area contributed by atoms with Gasteiger partial charge < -0.3 is 5.11 Å². The Balaban J connectivity index is 1.45. The lowest BCUT2D eigenvalue weighted by Crippen LogP contribution is -2.53. The maximum absolute atomic E-state index is 15.0. The normalized spacial score (nSPS) is 28.4. The van der Waals surface area contributed by atoms with Gasteiger partial charge in [-0.1, -0.05) is 62.9 Å². The Morgan fingerprint density at radius 3 is 2.43 bits per heavy atom. The number of alkyl halides is 3. The van der Waals surface area contributed by atoms with Gasteiger partial charge in [0, 0.05) is 27.2 Å². The fourth-order valence-corrected chi connectivity index (χ4v) is 8.51. The van der Waals surface area contributed by atoms with Crippen LogP contribution in [0.2, 0.25) is 10.0 Å². The van der Waals surface area contributed by atoms with Crippen molar-refractivity contribution < 1.29 is 37.5 Å². The van der Waals surface area contributed by atoms with Gasteiger partial charge in [0.25, 0.3) is 11.8 Å². The van der Waals surface area contributed by atoms with Crippen molar-refractivity contribution in [2.45, 2.75) is 30.4 Å². The summed E-state index contributed by atoms with van der Waals surface area (Å²) in [5.74, 6) is -7.38. The molecule has 15 heteroatoms. The minimum Gasteiger partial charge on any atom is -0.508 e. The molecule has 0 radical (unpaired) electrons. The van der Waals surface area contributed by atoms with Crippen molar-refractivity contribution in [2.24, 2.45) is 23.7 Å². The number of benzene rings is 2. The third-order valence-corrected chi connectivity index (χ3v) is 10.7. The Labute approximate surface area is 283 Å². The van der Waals surface area contributed by atoms with Crippen molar-refractivity contribution in [1.29, 1.82) is 0 Å². The van der Waals surface area contributed by atoms with Crippen molar-refractivity contribution >= 4 is 68.6 Å². The van der Waals surface area contributed by atoms with Gasteiger partial charge in [-0.3, -0.25) is 29.9 Å². The first-order valence-electron chi connectivity index (χ1n) is 14.4. The molecule has 9 nitrogen and oxygen atoms in total. The molecule has 47 heavy (non-hydrogen) atoms. The lowest BCUT2D eigenvalue weighted by Gasteiger charge is -2.50. The molecule has 6 unspecified atom stereocenters. The number of nitrogens with zero attached hydrogens (tertiary/aromatic N) is 2. The second-order valence-electron chi connectivity index (χ2n) is 12.0. The quantitative estimate of drug-likeness (QED) is 0.216. The van der Waals surface area contributed by atoms with Crippen LogP contribution < -0.4 is 10.7 Å². The standard InChI is InChI=1S/C32H22BrCl2F3N4O5/c33-15-3-8-23(43)20(10-15)25-17-6-7-18-24(28(45)40-27(18)44)19(17)11-21-29(46)42(30(47)31(21,25)13-1-4-16(34)5-2-13)41-26-22(35)9-14(12-39-26)32(36,37)38/h1-6,8-10,12,18-19,21,24-25,43H,7,11H2,(H,39,41)(H,40,44,45). The molecule has 3 aromatic rings. The molecule has 0 bridgehead atoms. The van der Waals surface area contributed by atoms with Gasteiger partial charge in [0.15, 0.2) is 5.82 Å². The van der Waals surface area contributed by atoms with E-state index in [9.17, 15) is 32.7 Å². The number of pyridine rings is 1. The number of fused-ring (bicyclic) bond motifs is 4. The second kappa shape index (κ2) is 11.1. The first-order chi connectivity index (χ1) is 22.2. The maximum Gasteiger partial charge on any atom is 0.417 e. The van der Waals surface area contributed by atoms with Crippen LogP contribution in [-0.2, 0) is 30.8 Å². The first kappa shape index (κ1) is 31.6. The molecule has 3 heterocycles. The molecular formula is C32H22BrCl2F3N4O5. The molecule has 2 aliphatic heterocycles. The van der Waals surface area contributed by atoms with Crippen molar-refractivity contribution in [2.75, 3.05) is 5.43 Å². The molecule has 3 fully saturated rings. The minimum atomic E-state index is -4.74. The van der Waals surface area contributed by atoms with Gasteiger partial charge in [0.2, 0.25) is 11.8 Å². The van der Waals surface area contributed by atoms with Gasteiger partial charge >= 0.3 is 6.18 Å². The second-order valence-corrected chi connectivity index (χ2v) is 13.7. The van der Waals surface area contributed by atoms with Crippen LogP contribution >= 0.6 is 39.1 Å². The molecule has 7 rings (SSSR count). The van der Waals surface area contributed by atoms with Crippen molar-refractivity contribution in [1.82, 2.24) is 15.3 Å². The summed E-state index contributed by atoms with van der Waals surface area (Å²) < 4.78 is 40.5. The average Bonchev–Trinajstić information content (AvgIpc) is 3.43. The predicted octanol–water partition coefficient (Wildman–Crippen LogP) is 6.15. The van der Waals surface area contributed by atoms with E-state index in [1.54, 1.807) is 36.4 Å². The van der Waals surface area contributed by atoms with Gasteiger partial charge in [0.05, 0.1) is 33.8 Å². The number of rotatable bonds is 4. The minimum absolute atomic E-state index is 0.0292. The molecule has 6 atom stereocenters. The predicted molar refractivity (Wildman–Crippen MR) is 166 cm³/mol. The van der Waals surface area contributed by atoms with E-state index in [4.69, 9.17) is 23.2 Å². The Morgan fingerprint density at radius 1 is 1.02 bits per heavy atom. The molecule has 242 valence electrons. The van der Waals surface area contributed by atoms with Gasteiger partial charge in [0.1, 0.15) is 5.75 Å². The molecule has 1 aromatic heterocycles. The number of aromatic nitrogens is 1. The fraction of sp³-hybridized carbons (Fsp3) is 0.281. The average molecular weight is 750 g/mol. The zero-order valence-corrected chi connectivity index (χ0v) is 26.9. The number of halogens is 6. The number of hydrazine groups is 1. The number of hydrogen-bond acceptors (Lipinski definition) is 7. The molecule has 4 amide bonds. The van der Waals surface area contributed by atoms with Gasteiger partial charge in [-0.25, -0.2) is 4.98 Å². The van der Waals surface area contributed by atoms with E-state index < -0.39 is 75.4 Å². The van der Waals surface area contributed by atoms with Gasteiger partial charge in [-0.2, -0.15) is 18.2 Å². The van der Waals surface area contributed by atoms with E-state index in [2.05, 4.69) is 31.7 Å². The Morgan fingerprint density at radius 2 is 1.74 bits per heavy atom. The Hall–Kier alpha value is -3.94. The van der Waals surface area contributed by atoms with E-state index >= 15 is 4.79 Å². The number of anilines is 1. The van der Waals surface area contributed by atoms with Crippen LogP contribution in [0.3, 0.4) is 0 Å². The third kappa shape index (κ3) is 4.76. The highest BCUT2D eigenvalue weighted by Crippen LogP contribution is 2.64. The lowest BCUT2D eigenvalue weighted by molar-refractivity contribution is -0.139. The maximum atomic E-state index is 15.0. The number of amides is 4. The topological polar surface area (TPSA) is 129 Å². The fourth-order valence-electron chi connectivity index (χ4n) is 7.79. The van der Waals surface area contributed by atoms with Crippen molar-refractivity contribution in [3.05, 3.63) is 97.6 Å². The molecule has 2 aliphatic carbocycles. The zero-order chi connectivity index (χ0) is 33.6. The summed E-state index contributed by atoms with van der Waals surface area (Å²) in [4.78, 5) is 59.2. The molecule has 1 saturated carbocycles. The number of hydrogen-bond donors (Lipinski definition) is 3. The third-order valence-electron chi connectivity index (χ3n) is 9.70. The highest BCUT2D eigenvalue weighted by molar-refractivity contribution is 9.10. The summed E-state index contributed by atoms with van der Waals surface area (Å²) in [6.07, 6.45) is -2.24. The number of phenolic OH excluding ortho intramolecular Hbond substituents is 1. The number of allylic oxidation sites excluding steroid dienone is 2. The number of aromatic hydroxyl groups is 1. The lowest BCUT2D eigenvalue weighted by atomic mass is 9.49. The van der Waals surface area contributed by atoms with Crippen molar-refractivity contribution in [3.8, 4) is 5.75 Å². The molecular weight excluding hydrogens is 728 g/mol. The first-order valence-corrected chi connectivity index (χ1v) is 15.9. The van der Waals surface area contributed by atoms with Crippen LogP contribution in [-0.4, -0.2) is 38.7 Å². The number of imide groups is 2. The van der Waals surface area contributed by atoms with Gasteiger partial charge in [-0.15, -0.1) is 0 Å². The summed E-state index contributed by atoms with van der Waals surface area (Å²) in [5.41, 5.74) is 0.947. The van der Waals surface area contributed by atoms with E-state index in [0.717, 1.165) is 0 Å². The summed E-state index contributed by atoms with van der Waals surface area (Å²) in [7, 11) is 0. The Kier molecular flexibility index (Phi) is 7.45. The summed E-state index contributed by atoms with van der Waals surface area (Å²) in [6, 6.07) is 11.6. The van der Waals surface area contributed by atoms with E-state index in [-0.39, 0.29) is 30.0 Å². The molecule has 2 aromatic carbocycles. The number of phenols is 1. The molecule has 0 spiro atoms. The van der Waals surface area contributed by atoms with Crippen LogP contribution in [0.1, 0.15) is 35.4 Å². The van der Waals surface area contributed by atoms with Crippen LogP contribution in [0.15, 0.2) is 70.8 Å². The van der Waals surface area contributed by atoms with Gasteiger partial charge in [-0.05, 0) is 60.7 Å². The highest BCUT2D eigenvalue weighted by Gasteiger charge is 2.70. The molecule has 2 saturated heterocycles. The van der Waals surface area contributed by atoms with Crippen LogP contribution in [0, 0.1) is 23.7 Å². The van der Waals surface area contributed by atoms with E-state index in [1.807, 2.05) is 6.08 Å². The number of carbonyl (C=O) groups excluding carboxylic acids is 4.